The van der Waals surface area contributed by atoms with Crippen LogP contribution in [0.25, 0.3) is 0 Å². The van der Waals surface area contributed by atoms with Gasteiger partial charge in [-0.3, -0.25) is 14.4 Å². The van der Waals surface area contributed by atoms with Gasteiger partial charge >= 0.3 is 13.1 Å². The smallest absolute Gasteiger partial charge is 0.460 e. The zero-order valence-electron chi connectivity index (χ0n) is 26.3. The number of benzene rings is 1. The molecule has 3 saturated carbocycles. The van der Waals surface area contributed by atoms with Crippen molar-refractivity contribution in [3.05, 3.63) is 35.4 Å². The summed E-state index contributed by atoms with van der Waals surface area (Å²) in [6.45, 7) is 18.3. The van der Waals surface area contributed by atoms with Gasteiger partial charge in [0.15, 0.2) is 0 Å². The van der Waals surface area contributed by atoms with Crippen molar-refractivity contribution in [1.82, 2.24) is 10.6 Å². The second kappa shape index (κ2) is 11.7. The summed E-state index contributed by atoms with van der Waals surface area (Å²) in [5, 5.41) is 6.01. The van der Waals surface area contributed by atoms with Crippen LogP contribution in [-0.2, 0) is 23.6 Å². The van der Waals surface area contributed by atoms with E-state index in [1.807, 2.05) is 19.1 Å². The van der Waals surface area contributed by atoms with Crippen LogP contribution in [0.15, 0.2) is 24.3 Å². The fourth-order valence-corrected chi connectivity index (χ4v) is 6.98. The van der Waals surface area contributed by atoms with Crippen LogP contribution in [0, 0.1) is 36.0 Å². The third-order valence-electron chi connectivity index (χ3n) is 9.38. The Hall–Kier alpha value is -2.39. The minimum Gasteiger partial charge on any atom is -0.460 e. The van der Waals surface area contributed by atoms with Gasteiger partial charge in [-0.2, -0.15) is 0 Å². The number of hydrogen-bond donors (Lipinski definition) is 2. The molecule has 4 aliphatic rings. The maximum absolute atomic E-state index is 13.8. The van der Waals surface area contributed by atoms with E-state index in [2.05, 4.69) is 45.3 Å². The molecular formula is C32H49BN2O6. The number of rotatable bonds is 10. The van der Waals surface area contributed by atoms with Crippen molar-refractivity contribution in [2.24, 2.45) is 29.1 Å². The van der Waals surface area contributed by atoms with Gasteiger partial charge in [-0.15, -0.1) is 0 Å². The van der Waals surface area contributed by atoms with Crippen LogP contribution in [-0.4, -0.2) is 54.7 Å². The van der Waals surface area contributed by atoms with Gasteiger partial charge in [0.25, 0.3) is 5.91 Å². The molecule has 1 heterocycles. The molecule has 0 aromatic heterocycles. The molecule has 226 valence electrons. The van der Waals surface area contributed by atoms with E-state index in [4.69, 9.17) is 14.0 Å². The van der Waals surface area contributed by atoms with Gasteiger partial charge in [-0.25, -0.2) is 0 Å². The van der Waals surface area contributed by atoms with E-state index in [0.717, 1.165) is 18.4 Å². The minimum absolute atomic E-state index is 0.00203. The molecule has 1 aliphatic heterocycles. The summed E-state index contributed by atoms with van der Waals surface area (Å²) in [6, 6.07) is 7.21. The van der Waals surface area contributed by atoms with Gasteiger partial charge in [-0.1, -0.05) is 45.4 Å². The largest absolute Gasteiger partial charge is 0.481 e. The van der Waals surface area contributed by atoms with Crippen molar-refractivity contribution in [2.45, 2.75) is 111 Å². The average molecular weight is 569 g/mol. The van der Waals surface area contributed by atoms with Crippen LogP contribution in [0.4, 0.5) is 0 Å². The predicted molar refractivity (Wildman–Crippen MR) is 159 cm³/mol. The molecule has 0 spiro atoms. The number of aryl methyl sites for hydroxylation is 1. The van der Waals surface area contributed by atoms with E-state index in [9.17, 15) is 14.4 Å². The van der Waals surface area contributed by atoms with Crippen LogP contribution in [0.2, 0.25) is 0 Å². The number of amides is 2. The third-order valence-corrected chi connectivity index (χ3v) is 9.38. The zero-order valence-corrected chi connectivity index (χ0v) is 26.3. The summed E-state index contributed by atoms with van der Waals surface area (Å²) in [5.41, 5.74) is 0.685. The molecule has 0 radical (unpaired) electrons. The Labute approximate surface area is 246 Å². The van der Waals surface area contributed by atoms with Crippen molar-refractivity contribution in [2.75, 3.05) is 6.54 Å². The van der Waals surface area contributed by atoms with Crippen LogP contribution in [0.3, 0.4) is 0 Å². The standard InChI is InChI=1S/C32H49BN2O6/c1-19(2)14-26(33-40-25-17-23-16-24(31(23,7)8)32(25,9)41-33)35-29(38)22(15-27(36)39-30(4,5)6)18-34-28(37)21-12-10-20(3)11-13-21/h10-13,19,22-26H,14-18H2,1-9H3,(H,34,37)(H,35,38)/t22-,23-,24-,25+,26-,32-/m0/s1. The normalized spacial score (nSPS) is 27.9. The van der Waals surface area contributed by atoms with Crippen molar-refractivity contribution in [3.63, 3.8) is 0 Å². The topological polar surface area (TPSA) is 103 Å². The molecule has 8 nitrogen and oxygen atoms in total. The second-order valence-corrected chi connectivity index (χ2v) is 14.6. The first-order chi connectivity index (χ1) is 19.0. The highest BCUT2D eigenvalue weighted by Gasteiger charge is 2.68. The number of hydrogen-bond acceptors (Lipinski definition) is 6. The van der Waals surface area contributed by atoms with E-state index < -0.39 is 24.6 Å². The van der Waals surface area contributed by atoms with Crippen molar-refractivity contribution in [3.8, 4) is 0 Å². The second-order valence-electron chi connectivity index (χ2n) is 14.6. The van der Waals surface area contributed by atoms with Gasteiger partial charge in [0.1, 0.15) is 5.60 Å². The molecule has 5 rings (SSSR count). The molecule has 2 N–H and O–H groups in total. The molecule has 9 heteroatoms. The molecule has 2 bridgehead atoms. The first-order valence-electron chi connectivity index (χ1n) is 15.2. The Morgan fingerprint density at radius 3 is 2.34 bits per heavy atom. The van der Waals surface area contributed by atoms with Crippen LogP contribution in [0.5, 0.6) is 0 Å². The fourth-order valence-electron chi connectivity index (χ4n) is 6.98. The molecule has 0 unspecified atom stereocenters. The van der Waals surface area contributed by atoms with Crippen LogP contribution >= 0.6 is 0 Å². The van der Waals surface area contributed by atoms with E-state index in [1.54, 1.807) is 32.9 Å². The Bertz CT molecular complexity index is 1130. The van der Waals surface area contributed by atoms with Crippen molar-refractivity contribution < 1.29 is 28.4 Å². The van der Waals surface area contributed by atoms with E-state index in [-0.39, 0.29) is 53.8 Å². The molecule has 2 amide bonds. The Balaban J connectivity index is 1.48. The first kappa shape index (κ1) is 31.5. The lowest BCUT2D eigenvalue weighted by molar-refractivity contribution is -0.199. The highest BCUT2D eigenvalue weighted by molar-refractivity contribution is 6.47. The van der Waals surface area contributed by atoms with Crippen LogP contribution in [0.1, 0.15) is 97.0 Å². The van der Waals surface area contributed by atoms with Gasteiger partial charge < -0.3 is 24.7 Å². The Morgan fingerprint density at radius 1 is 1.10 bits per heavy atom. The number of ether oxygens (including phenoxy) is 1. The lowest BCUT2D eigenvalue weighted by atomic mass is 9.43. The monoisotopic (exact) mass is 568 g/mol. The SMILES string of the molecule is Cc1ccc(C(=O)NC[C@H](CC(=O)OC(C)(C)C)C(=O)N[C@@H](CC(C)C)B2O[C@@H]3C[C@@H]4C[C@@H](C4(C)C)[C@]3(C)O2)cc1. The van der Waals surface area contributed by atoms with Crippen LogP contribution < -0.4 is 10.6 Å². The minimum atomic E-state index is -0.820. The number of carbonyl (C=O) groups excluding carboxylic acids is 3. The van der Waals surface area contributed by atoms with Gasteiger partial charge in [0, 0.05) is 12.1 Å². The lowest BCUT2D eigenvalue weighted by Crippen LogP contribution is -2.65. The Morgan fingerprint density at radius 2 is 1.76 bits per heavy atom. The number of nitrogens with one attached hydrogen (secondary N) is 2. The lowest BCUT2D eigenvalue weighted by Gasteiger charge is -2.64. The third kappa shape index (κ3) is 6.99. The molecule has 1 saturated heterocycles. The summed E-state index contributed by atoms with van der Waals surface area (Å²) in [6.07, 6.45) is 2.62. The maximum atomic E-state index is 13.8. The molecule has 1 aromatic rings. The maximum Gasteiger partial charge on any atom is 0.481 e. The highest BCUT2D eigenvalue weighted by Crippen LogP contribution is 2.65. The summed E-state index contributed by atoms with van der Waals surface area (Å²) in [5.74, 6) is -1.01. The van der Waals surface area contributed by atoms with Gasteiger partial charge in [0.05, 0.1) is 30.0 Å². The Kier molecular flexibility index (Phi) is 9.01. The summed E-state index contributed by atoms with van der Waals surface area (Å²) >= 11 is 0. The first-order valence-corrected chi connectivity index (χ1v) is 15.2. The molecule has 3 aliphatic carbocycles. The predicted octanol–water partition coefficient (Wildman–Crippen LogP) is 4.87. The highest BCUT2D eigenvalue weighted by atomic mass is 16.7. The molecule has 41 heavy (non-hydrogen) atoms. The quantitative estimate of drug-likeness (QED) is 0.309. The van der Waals surface area contributed by atoms with E-state index >= 15 is 0 Å². The van der Waals surface area contributed by atoms with E-state index in [0.29, 0.717) is 23.8 Å². The number of carbonyl (C=O) groups is 3. The van der Waals surface area contributed by atoms with Crippen molar-refractivity contribution >= 4 is 24.9 Å². The summed E-state index contributed by atoms with van der Waals surface area (Å²) in [7, 11) is -0.573. The molecule has 1 aromatic carbocycles. The molecule has 4 fully saturated rings. The fraction of sp³-hybridized carbons (Fsp3) is 0.719. The van der Waals surface area contributed by atoms with Crippen molar-refractivity contribution in [1.29, 1.82) is 0 Å². The van der Waals surface area contributed by atoms with Gasteiger partial charge in [-0.05, 0) is 89.2 Å². The molecule has 6 atom stereocenters. The van der Waals surface area contributed by atoms with E-state index in [1.165, 1.54) is 0 Å². The summed E-state index contributed by atoms with van der Waals surface area (Å²) in [4.78, 5) is 39.4. The molecular weight excluding hydrogens is 519 g/mol. The number of esters is 1. The average Bonchev–Trinajstić information content (AvgIpc) is 3.22. The summed E-state index contributed by atoms with van der Waals surface area (Å²) < 4.78 is 18.7. The zero-order chi connectivity index (χ0) is 30.3. The van der Waals surface area contributed by atoms with Gasteiger partial charge in [0.2, 0.25) is 5.91 Å².